The van der Waals surface area contributed by atoms with Crippen LogP contribution in [0.25, 0.3) is 166 Å². The van der Waals surface area contributed by atoms with Crippen LogP contribution in [0.5, 0.6) is 0 Å². The van der Waals surface area contributed by atoms with Gasteiger partial charge in [-0.25, -0.2) is 0 Å². The zero-order valence-electron chi connectivity index (χ0n) is 66.0. The second-order valence-corrected chi connectivity index (χ2v) is 30.7. The third-order valence-corrected chi connectivity index (χ3v) is 23.6. The Morgan fingerprint density at radius 1 is 0.142 bits per heavy atom. The second-order valence-electron chi connectivity index (χ2n) is 30.7. The van der Waals surface area contributed by atoms with Gasteiger partial charge in [-0.1, -0.05) is 364 Å². The van der Waals surface area contributed by atoms with Crippen LogP contribution in [0.1, 0.15) is 0 Å². The Balaban J connectivity index is 0.000000148. The number of rotatable bonds is 16. The Bertz CT molecular complexity index is 7300. The smallest absolute Gasteiger partial charge is 0.0619 e. The molecule has 0 unspecified atom stereocenters. The van der Waals surface area contributed by atoms with Crippen LogP contribution in [-0.2, 0) is 0 Å². The molecular weight excluding hydrogens is 1450 g/mol. The summed E-state index contributed by atoms with van der Waals surface area (Å²) in [6, 6.07) is 175. The van der Waals surface area contributed by atoms with Gasteiger partial charge in [-0.3, -0.25) is 0 Å². The molecule has 22 aromatic rings. The Labute approximate surface area is 699 Å². The van der Waals surface area contributed by atoms with Crippen LogP contribution in [0.2, 0.25) is 0 Å². The van der Waals surface area contributed by atoms with Gasteiger partial charge in [0.25, 0.3) is 0 Å². The van der Waals surface area contributed by atoms with Gasteiger partial charge in [-0.2, -0.15) is 0 Å². The fraction of sp³-hybridized carbons (Fsp3) is 0. The lowest BCUT2D eigenvalue weighted by Crippen LogP contribution is -2.09. The molecule has 2 heterocycles. The highest BCUT2D eigenvalue weighted by Crippen LogP contribution is 2.46. The number of para-hydroxylation sites is 2. The van der Waals surface area contributed by atoms with Gasteiger partial charge in [0, 0.05) is 77.8 Å². The molecule has 20 aromatic carbocycles. The monoisotopic (exact) mass is 1530 g/mol. The Morgan fingerprint density at radius 2 is 0.408 bits per heavy atom. The van der Waals surface area contributed by atoms with Gasteiger partial charge in [0.05, 0.1) is 22.1 Å². The fourth-order valence-corrected chi connectivity index (χ4v) is 17.6. The maximum Gasteiger partial charge on any atom is 0.0619 e. The molecule has 0 bridgehead atoms. The topological polar surface area (TPSA) is 16.3 Å². The molecule has 2 aromatic heterocycles. The van der Waals surface area contributed by atoms with E-state index in [0.717, 1.165) is 45.5 Å². The molecule has 0 aliphatic heterocycles. The first kappa shape index (κ1) is 71.9. The molecule has 0 radical (unpaired) electrons. The third kappa shape index (κ3) is 13.8. The van der Waals surface area contributed by atoms with Gasteiger partial charge < -0.3 is 18.9 Å². The summed E-state index contributed by atoms with van der Waals surface area (Å²) in [6.45, 7) is 0. The molecule has 564 valence electrons. The molecule has 0 fully saturated rings. The molecule has 4 nitrogen and oxygen atoms in total. The lowest BCUT2D eigenvalue weighted by Gasteiger charge is -2.26. The van der Waals surface area contributed by atoms with E-state index in [1.165, 1.54) is 154 Å². The summed E-state index contributed by atoms with van der Waals surface area (Å²) in [5.74, 6) is 0. The predicted octanol–water partition coefficient (Wildman–Crippen LogP) is 32.1. The number of fused-ring (bicyclic) bond motifs is 10. The van der Waals surface area contributed by atoms with Crippen molar-refractivity contribution in [3.8, 4) is 100 Å². The Kier molecular flexibility index (Phi) is 19.0. The van der Waals surface area contributed by atoms with E-state index in [9.17, 15) is 0 Å². The van der Waals surface area contributed by atoms with Crippen molar-refractivity contribution in [3.05, 3.63) is 485 Å². The van der Waals surface area contributed by atoms with E-state index in [4.69, 9.17) is 0 Å². The standard InChI is InChI=1S/2C58H40N2/c1-5-15-41(16-6-1)43-25-32-49(33-26-43)59(48-21-11-4-12-22-48)50-34-27-44(28-35-50)45-29-36-51(37-30-45)60-57-38-31-47(42-17-7-2-8-18-42)39-55(57)56-40-54(46-19-9-3-10-20-46)52-23-13-14-24-53(52)58(56)60;1-3-11-41(12-4-1)45-23-32-50(33-24-45)59(51-34-25-46(26-35-51)42-13-5-2-6-14-42)52-36-27-47(28-37-52)43-19-21-44(22-20-43)48-29-38-53(39-30-48)60-57-18-10-9-17-55(57)56-40-31-49-15-7-8-16-54(49)58(56)60/h2*1-40H. The van der Waals surface area contributed by atoms with E-state index >= 15 is 0 Å². The first-order valence-corrected chi connectivity index (χ1v) is 41.2. The first-order chi connectivity index (χ1) is 59.5. The van der Waals surface area contributed by atoms with Crippen molar-refractivity contribution in [2.24, 2.45) is 0 Å². The van der Waals surface area contributed by atoms with Crippen molar-refractivity contribution in [1.29, 1.82) is 0 Å². The highest BCUT2D eigenvalue weighted by Gasteiger charge is 2.22. The molecule has 0 saturated carbocycles. The maximum absolute atomic E-state index is 2.46. The molecule has 0 spiro atoms. The quantitative estimate of drug-likeness (QED) is 0.0959. The molecule has 0 aliphatic rings. The number of hydrogen-bond donors (Lipinski definition) is 0. The predicted molar refractivity (Wildman–Crippen MR) is 509 cm³/mol. The van der Waals surface area contributed by atoms with Crippen molar-refractivity contribution in [3.63, 3.8) is 0 Å². The van der Waals surface area contributed by atoms with Gasteiger partial charge in [-0.15, -0.1) is 0 Å². The summed E-state index contributed by atoms with van der Waals surface area (Å²) in [6.07, 6.45) is 0. The number of aromatic nitrogens is 2. The first-order valence-electron chi connectivity index (χ1n) is 41.2. The number of benzene rings is 20. The molecule has 120 heavy (non-hydrogen) atoms. The highest BCUT2D eigenvalue weighted by atomic mass is 15.1. The van der Waals surface area contributed by atoms with Crippen LogP contribution in [0, 0.1) is 0 Å². The van der Waals surface area contributed by atoms with E-state index in [0.29, 0.717) is 0 Å². The second kappa shape index (κ2) is 31.7. The van der Waals surface area contributed by atoms with Crippen LogP contribution in [-0.4, -0.2) is 9.13 Å². The Hall–Kier alpha value is -15.9. The molecule has 0 aliphatic carbocycles. The maximum atomic E-state index is 2.46. The van der Waals surface area contributed by atoms with E-state index < -0.39 is 0 Å². The average molecular weight is 1530 g/mol. The van der Waals surface area contributed by atoms with Crippen LogP contribution < -0.4 is 9.80 Å². The normalized spacial score (nSPS) is 11.3. The third-order valence-electron chi connectivity index (χ3n) is 23.6. The number of nitrogens with zero attached hydrogens (tertiary/aromatic N) is 4. The molecule has 0 saturated heterocycles. The molecule has 4 heteroatoms. The zero-order valence-corrected chi connectivity index (χ0v) is 66.0. The summed E-state index contributed by atoms with van der Waals surface area (Å²) < 4.78 is 4.88. The highest BCUT2D eigenvalue weighted by molar-refractivity contribution is 6.23. The van der Waals surface area contributed by atoms with E-state index in [1.807, 2.05) is 0 Å². The largest absolute Gasteiger partial charge is 0.311 e. The van der Waals surface area contributed by atoms with Crippen molar-refractivity contribution in [1.82, 2.24) is 9.13 Å². The van der Waals surface area contributed by atoms with Crippen molar-refractivity contribution >= 4 is 99.3 Å². The molecule has 22 rings (SSSR count). The summed E-state index contributed by atoms with van der Waals surface area (Å²) in [4.78, 5) is 4.66. The lowest BCUT2D eigenvalue weighted by molar-refractivity contribution is 1.19. The van der Waals surface area contributed by atoms with Crippen LogP contribution >= 0.6 is 0 Å². The van der Waals surface area contributed by atoms with Gasteiger partial charge >= 0.3 is 0 Å². The zero-order chi connectivity index (χ0) is 79.7. The van der Waals surface area contributed by atoms with Gasteiger partial charge in [0.15, 0.2) is 0 Å². The summed E-state index contributed by atoms with van der Waals surface area (Å²) in [7, 11) is 0. The van der Waals surface area contributed by atoms with Crippen LogP contribution in [0.15, 0.2) is 485 Å². The molecule has 0 atom stereocenters. The minimum Gasteiger partial charge on any atom is -0.311 e. The summed E-state index contributed by atoms with van der Waals surface area (Å²) in [5.41, 5.74) is 33.1. The Morgan fingerprint density at radius 3 is 0.817 bits per heavy atom. The number of anilines is 6. The van der Waals surface area contributed by atoms with Crippen molar-refractivity contribution < 1.29 is 0 Å². The van der Waals surface area contributed by atoms with Crippen LogP contribution in [0.4, 0.5) is 34.1 Å². The number of hydrogen-bond acceptors (Lipinski definition) is 2. The van der Waals surface area contributed by atoms with Crippen LogP contribution in [0.3, 0.4) is 0 Å². The minimum atomic E-state index is 1.10. The molecule has 0 N–H and O–H groups in total. The minimum absolute atomic E-state index is 1.10. The van der Waals surface area contributed by atoms with E-state index in [-0.39, 0.29) is 0 Å². The van der Waals surface area contributed by atoms with Crippen molar-refractivity contribution in [2.45, 2.75) is 0 Å². The van der Waals surface area contributed by atoms with Gasteiger partial charge in [0.2, 0.25) is 0 Å². The molecular formula is C116H80N4. The summed E-state index contributed by atoms with van der Waals surface area (Å²) >= 11 is 0. The fourth-order valence-electron chi connectivity index (χ4n) is 17.6. The summed E-state index contributed by atoms with van der Waals surface area (Å²) in [5, 5.41) is 10.0. The SMILES string of the molecule is c1ccc(-c2ccc(N(c3ccc(-c4ccccc4)cc3)c3ccc(-c4ccc(-c5ccc(-n6c7ccccc7c7ccc8ccccc8c76)cc5)cc4)cc3)cc2)cc1.c1ccc(-c2ccc(N(c3ccccc3)c3ccc(-c4ccc(-n5c6ccc(-c7ccccc7)cc6c6cc(-c7ccccc7)c7ccccc7c65)cc4)cc3)cc2)cc1. The van der Waals surface area contributed by atoms with E-state index in [2.05, 4.69) is 504 Å². The lowest BCUT2D eigenvalue weighted by atomic mass is 9.94. The van der Waals surface area contributed by atoms with Crippen molar-refractivity contribution in [2.75, 3.05) is 9.80 Å². The molecule has 0 amide bonds. The average Bonchev–Trinajstić information content (AvgIpc) is 1.56. The van der Waals surface area contributed by atoms with Gasteiger partial charge in [-0.05, 0) is 221 Å². The van der Waals surface area contributed by atoms with Gasteiger partial charge in [0.1, 0.15) is 0 Å². The van der Waals surface area contributed by atoms with E-state index in [1.54, 1.807) is 0 Å².